The summed E-state index contributed by atoms with van der Waals surface area (Å²) in [6, 6.07) is 76.3. The number of anilines is 3. The fourth-order valence-electron chi connectivity index (χ4n) is 9.45. The molecule has 0 fully saturated rings. The van der Waals surface area contributed by atoms with Crippen LogP contribution >= 0.6 is 11.3 Å². The average Bonchev–Trinajstić information content (AvgIpc) is 3.99. The zero-order chi connectivity index (χ0) is 38.9. The van der Waals surface area contributed by atoms with Gasteiger partial charge < -0.3 is 13.7 Å². The van der Waals surface area contributed by atoms with Crippen molar-refractivity contribution in [3.05, 3.63) is 235 Å². The van der Waals surface area contributed by atoms with Crippen LogP contribution in [0, 0.1) is 0 Å². The molecule has 0 bridgehead atoms. The molecule has 0 radical (unpaired) electrons. The summed E-state index contributed by atoms with van der Waals surface area (Å²) in [4.78, 5) is 2.38. The first-order valence-corrected chi connectivity index (χ1v) is 20.8. The summed E-state index contributed by atoms with van der Waals surface area (Å²) in [5.41, 5.74) is 10.3. The van der Waals surface area contributed by atoms with Crippen molar-refractivity contribution in [3.63, 3.8) is 0 Å². The lowest BCUT2D eigenvalue weighted by Crippen LogP contribution is -2.31. The van der Waals surface area contributed by atoms with Crippen LogP contribution in [0.3, 0.4) is 0 Å². The van der Waals surface area contributed by atoms with Gasteiger partial charge in [-0.25, -0.2) is 0 Å². The van der Waals surface area contributed by atoms with Crippen LogP contribution in [0.5, 0.6) is 0 Å². The lowest BCUT2D eigenvalue weighted by Gasteiger charge is -2.38. The van der Waals surface area contributed by atoms with Crippen LogP contribution in [0.2, 0.25) is 0 Å². The predicted molar refractivity (Wildman–Crippen MR) is 247 cm³/mol. The molecular formula is C55H35NO2S. The van der Waals surface area contributed by atoms with Crippen molar-refractivity contribution in [1.82, 2.24) is 0 Å². The van der Waals surface area contributed by atoms with E-state index >= 15 is 0 Å². The minimum Gasteiger partial charge on any atom is -0.456 e. The van der Waals surface area contributed by atoms with Crippen LogP contribution in [0.15, 0.2) is 221 Å². The van der Waals surface area contributed by atoms with Gasteiger partial charge in [-0.05, 0) is 76.9 Å². The van der Waals surface area contributed by atoms with Crippen molar-refractivity contribution < 1.29 is 8.83 Å². The van der Waals surface area contributed by atoms with Gasteiger partial charge in [0, 0.05) is 65.2 Å². The molecule has 4 heteroatoms. The Kier molecular flexibility index (Phi) is 7.62. The number of hydrogen-bond donors (Lipinski definition) is 0. The fraction of sp³-hybridized carbons (Fsp3) is 0.0182. The Balaban J connectivity index is 1.22. The van der Waals surface area contributed by atoms with Crippen LogP contribution in [0.1, 0.15) is 22.3 Å². The molecule has 12 aromatic rings. The van der Waals surface area contributed by atoms with E-state index in [2.05, 4.69) is 205 Å². The highest BCUT2D eigenvalue weighted by Gasteiger charge is 2.41. The topological polar surface area (TPSA) is 29.5 Å². The molecular weight excluding hydrogens is 739 g/mol. The number of furan rings is 2. The molecule has 0 unspecified atom stereocenters. The lowest BCUT2D eigenvalue weighted by molar-refractivity contribution is 0.667. The lowest BCUT2D eigenvalue weighted by atomic mass is 9.64. The maximum Gasteiger partial charge on any atom is 0.137 e. The normalized spacial score (nSPS) is 12.1. The van der Waals surface area contributed by atoms with E-state index in [9.17, 15) is 0 Å². The Bertz CT molecular complexity index is 3410. The van der Waals surface area contributed by atoms with Gasteiger partial charge in [0.05, 0.1) is 11.1 Å². The molecule has 3 aromatic heterocycles. The SMILES string of the molecule is c1ccc(C(c2ccccc2)(c2ccccc2)c2cc(N(c3ccc4c(c3)oc3ccccc34)c3ccc4sc5ccccc5c4c3)cc3oc4ccccc4c23)cc1. The van der Waals surface area contributed by atoms with Crippen molar-refractivity contribution in [3.8, 4) is 0 Å². The number of para-hydroxylation sites is 2. The first-order chi connectivity index (χ1) is 29.2. The van der Waals surface area contributed by atoms with E-state index < -0.39 is 5.41 Å². The number of nitrogens with zero attached hydrogens (tertiary/aromatic N) is 1. The van der Waals surface area contributed by atoms with Crippen LogP contribution in [-0.2, 0) is 5.41 Å². The smallest absolute Gasteiger partial charge is 0.137 e. The molecule has 0 saturated heterocycles. The zero-order valence-electron chi connectivity index (χ0n) is 31.9. The predicted octanol–water partition coefficient (Wildman–Crippen LogP) is 15.7. The van der Waals surface area contributed by atoms with Gasteiger partial charge in [-0.2, -0.15) is 0 Å². The molecule has 0 spiro atoms. The Labute approximate surface area is 344 Å². The van der Waals surface area contributed by atoms with E-state index in [0.29, 0.717) is 0 Å². The Morgan fingerprint density at radius 3 is 1.53 bits per heavy atom. The Morgan fingerprint density at radius 1 is 0.339 bits per heavy atom. The number of benzene rings is 9. The summed E-state index contributed by atoms with van der Waals surface area (Å²) in [5, 5.41) is 6.86. The highest BCUT2D eigenvalue weighted by Crippen LogP contribution is 2.52. The summed E-state index contributed by atoms with van der Waals surface area (Å²) in [5.74, 6) is 0. The number of fused-ring (bicyclic) bond motifs is 9. The molecule has 0 aliphatic heterocycles. The van der Waals surface area contributed by atoms with Gasteiger partial charge in [0.2, 0.25) is 0 Å². The summed E-state index contributed by atoms with van der Waals surface area (Å²) >= 11 is 1.83. The fourth-order valence-corrected chi connectivity index (χ4v) is 10.5. The van der Waals surface area contributed by atoms with Gasteiger partial charge >= 0.3 is 0 Å². The van der Waals surface area contributed by atoms with Crippen molar-refractivity contribution in [2.75, 3.05) is 4.90 Å². The summed E-state index contributed by atoms with van der Waals surface area (Å²) in [6.45, 7) is 0. The van der Waals surface area contributed by atoms with E-state index in [0.717, 1.165) is 66.5 Å². The minimum absolute atomic E-state index is 0.730. The van der Waals surface area contributed by atoms with Crippen molar-refractivity contribution >= 4 is 92.4 Å². The first kappa shape index (κ1) is 33.7. The molecule has 0 amide bonds. The van der Waals surface area contributed by atoms with Gasteiger partial charge in [-0.3, -0.25) is 0 Å². The van der Waals surface area contributed by atoms with E-state index in [1.54, 1.807) is 0 Å². The molecule has 0 aliphatic carbocycles. The second kappa shape index (κ2) is 13.3. The maximum atomic E-state index is 6.94. The van der Waals surface area contributed by atoms with Gasteiger partial charge in [0.25, 0.3) is 0 Å². The zero-order valence-corrected chi connectivity index (χ0v) is 32.7. The average molecular weight is 774 g/mol. The van der Waals surface area contributed by atoms with Gasteiger partial charge in [0.15, 0.2) is 0 Å². The highest BCUT2D eigenvalue weighted by atomic mass is 32.1. The van der Waals surface area contributed by atoms with Crippen LogP contribution in [-0.4, -0.2) is 0 Å². The van der Waals surface area contributed by atoms with E-state index in [4.69, 9.17) is 8.83 Å². The number of hydrogen-bond acceptors (Lipinski definition) is 4. The van der Waals surface area contributed by atoms with Crippen molar-refractivity contribution in [1.29, 1.82) is 0 Å². The summed E-state index contributed by atoms with van der Waals surface area (Å²) in [6.07, 6.45) is 0. The maximum absolute atomic E-state index is 6.94. The van der Waals surface area contributed by atoms with Crippen molar-refractivity contribution in [2.24, 2.45) is 0 Å². The molecule has 0 aliphatic rings. The third-order valence-electron chi connectivity index (χ3n) is 12.0. The molecule has 59 heavy (non-hydrogen) atoms. The molecule has 0 saturated carbocycles. The van der Waals surface area contributed by atoms with Gasteiger partial charge in [-0.15, -0.1) is 11.3 Å². The third-order valence-corrected chi connectivity index (χ3v) is 13.1. The van der Waals surface area contributed by atoms with Crippen LogP contribution in [0.4, 0.5) is 17.1 Å². The van der Waals surface area contributed by atoms with Gasteiger partial charge in [0.1, 0.15) is 22.3 Å². The number of thiophene rings is 1. The van der Waals surface area contributed by atoms with Gasteiger partial charge in [-0.1, -0.05) is 146 Å². The minimum atomic E-state index is -0.730. The highest BCUT2D eigenvalue weighted by molar-refractivity contribution is 7.25. The van der Waals surface area contributed by atoms with Crippen molar-refractivity contribution in [2.45, 2.75) is 5.41 Å². The number of rotatable bonds is 7. The summed E-state index contributed by atoms with van der Waals surface area (Å²) in [7, 11) is 0. The molecule has 12 rings (SSSR count). The first-order valence-electron chi connectivity index (χ1n) is 20.0. The molecule has 278 valence electrons. The van der Waals surface area contributed by atoms with E-state index in [1.165, 1.54) is 36.9 Å². The standard InChI is InChI=1S/C55H35NO2S/c1-4-16-36(17-5-1)55(37-18-6-2-7-19-37,38-20-8-3-9-21-38)47-33-41(35-51-54(47)45-24-11-14-26-49(45)58-51)56(39-29-31-53-46(32-39)44-23-12-15-27-52(44)59-53)40-28-30-43-42-22-10-13-25-48(42)57-50(43)34-40/h1-35H. The second-order valence-corrected chi connectivity index (χ2v) is 16.3. The largest absolute Gasteiger partial charge is 0.456 e. The molecule has 0 atom stereocenters. The quantitative estimate of drug-likeness (QED) is 0.151. The van der Waals surface area contributed by atoms with E-state index in [1.807, 2.05) is 23.5 Å². The third kappa shape index (κ3) is 5.20. The monoisotopic (exact) mass is 773 g/mol. The molecule has 3 heterocycles. The Hall–Kier alpha value is -7.40. The molecule has 0 N–H and O–H groups in total. The van der Waals surface area contributed by atoms with E-state index in [-0.39, 0.29) is 0 Å². The van der Waals surface area contributed by atoms with Crippen LogP contribution in [0.25, 0.3) is 64.0 Å². The molecule has 9 aromatic carbocycles. The Morgan fingerprint density at radius 2 is 0.831 bits per heavy atom. The second-order valence-electron chi connectivity index (χ2n) is 15.2. The molecule has 3 nitrogen and oxygen atoms in total. The summed E-state index contributed by atoms with van der Waals surface area (Å²) < 4.78 is 16.0. The van der Waals surface area contributed by atoms with Crippen LogP contribution < -0.4 is 4.90 Å².